The third-order valence-corrected chi connectivity index (χ3v) is 2.20. The molecule has 1 aromatic heterocycles. The molecule has 2 rings (SSSR count). The van der Waals surface area contributed by atoms with E-state index in [1.807, 2.05) is 0 Å². The maximum Gasteiger partial charge on any atom is 0.356 e. The zero-order valence-electron chi connectivity index (χ0n) is 9.61. The predicted octanol–water partition coefficient (Wildman–Crippen LogP) is 1.07. The van der Waals surface area contributed by atoms with Crippen molar-refractivity contribution >= 4 is 11.9 Å². The third-order valence-electron chi connectivity index (χ3n) is 2.20. The first-order valence-corrected chi connectivity index (χ1v) is 5.20. The molecule has 0 radical (unpaired) electrons. The van der Waals surface area contributed by atoms with Crippen LogP contribution in [0.4, 0.5) is 0 Å². The Kier molecular flexibility index (Phi) is 3.37. The summed E-state index contributed by atoms with van der Waals surface area (Å²) in [6.45, 7) is 0. The van der Waals surface area contributed by atoms with Crippen LogP contribution >= 0.6 is 0 Å². The molecule has 0 saturated carbocycles. The molecule has 0 saturated heterocycles. The van der Waals surface area contributed by atoms with Gasteiger partial charge in [0.2, 0.25) is 5.88 Å². The van der Waals surface area contributed by atoms with Gasteiger partial charge in [-0.3, -0.25) is 9.78 Å². The largest absolute Gasteiger partial charge is 0.476 e. The number of rotatable bonds is 4. The lowest BCUT2D eigenvalue weighted by molar-refractivity contribution is 0.0688. The fraction of sp³-hybridized carbons (Fsp3) is 0. The van der Waals surface area contributed by atoms with E-state index in [0.29, 0.717) is 0 Å². The molecule has 1 aromatic carbocycles. The molecule has 0 atom stereocenters. The summed E-state index contributed by atoms with van der Waals surface area (Å²) in [4.78, 5) is 29.4. The molecule has 1 heterocycles. The van der Waals surface area contributed by atoms with E-state index in [0.717, 1.165) is 6.20 Å². The summed E-state index contributed by atoms with van der Waals surface area (Å²) in [7, 11) is 0. The topological polar surface area (TPSA) is 115 Å². The van der Waals surface area contributed by atoms with E-state index in [1.54, 1.807) is 12.1 Å². The Morgan fingerprint density at radius 2 is 1.95 bits per heavy atom. The summed E-state index contributed by atoms with van der Waals surface area (Å²) < 4.78 is 5.32. The Morgan fingerprint density at radius 3 is 2.63 bits per heavy atom. The Bertz CT molecular complexity index is 642. The standard InChI is InChI=1S/C12H9N3O4/c13-11(16)7-3-1-2-4-9(7)19-10-6-14-5-8(15-10)12(17)18/h1-6H,(H2,13,16)(H,17,18). The average Bonchev–Trinajstić information content (AvgIpc) is 2.39. The number of carbonyl (C=O) groups is 2. The Morgan fingerprint density at radius 1 is 1.21 bits per heavy atom. The van der Waals surface area contributed by atoms with Gasteiger partial charge in [0.1, 0.15) is 5.75 Å². The number of amides is 1. The summed E-state index contributed by atoms with van der Waals surface area (Å²) in [6, 6.07) is 6.30. The molecule has 2 aromatic rings. The summed E-state index contributed by atoms with van der Waals surface area (Å²) in [6.07, 6.45) is 2.33. The second-order valence-corrected chi connectivity index (χ2v) is 3.51. The minimum absolute atomic E-state index is 0.0337. The Labute approximate surface area is 107 Å². The van der Waals surface area contributed by atoms with Gasteiger partial charge in [0.15, 0.2) is 5.69 Å². The second kappa shape index (κ2) is 5.13. The first kappa shape index (κ1) is 12.5. The van der Waals surface area contributed by atoms with Gasteiger partial charge in [0.25, 0.3) is 5.91 Å². The number of para-hydroxylation sites is 1. The van der Waals surface area contributed by atoms with Crippen molar-refractivity contribution in [2.24, 2.45) is 5.73 Å². The molecule has 0 aliphatic heterocycles. The summed E-state index contributed by atoms with van der Waals surface area (Å²) >= 11 is 0. The van der Waals surface area contributed by atoms with Crippen LogP contribution in [0, 0.1) is 0 Å². The van der Waals surface area contributed by atoms with E-state index in [-0.39, 0.29) is 22.9 Å². The molecule has 7 nitrogen and oxygen atoms in total. The number of carboxylic acids is 1. The second-order valence-electron chi connectivity index (χ2n) is 3.51. The normalized spacial score (nSPS) is 9.89. The lowest BCUT2D eigenvalue weighted by Crippen LogP contribution is -2.12. The number of ether oxygens (including phenoxy) is 1. The highest BCUT2D eigenvalue weighted by Crippen LogP contribution is 2.23. The van der Waals surface area contributed by atoms with Crippen molar-refractivity contribution in [3.05, 3.63) is 47.9 Å². The smallest absolute Gasteiger partial charge is 0.356 e. The molecule has 0 spiro atoms. The quantitative estimate of drug-likeness (QED) is 0.848. The average molecular weight is 259 g/mol. The Hall–Kier alpha value is -2.96. The molecular weight excluding hydrogens is 250 g/mol. The molecule has 0 unspecified atom stereocenters. The minimum atomic E-state index is -1.22. The van der Waals surface area contributed by atoms with E-state index < -0.39 is 11.9 Å². The first-order valence-electron chi connectivity index (χ1n) is 5.20. The van der Waals surface area contributed by atoms with Crippen molar-refractivity contribution in [3.8, 4) is 11.6 Å². The van der Waals surface area contributed by atoms with Crippen molar-refractivity contribution in [2.45, 2.75) is 0 Å². The van der Waals surface area contributed by atoms with Crippen molar-refractivity contribution in [1.29, 1.82) is 0 Å². The maximum absolute atomic E-state index is 11.2. The summed E-state index contributed by atoms with van der Waals surface area (Å²) in [5.74, 6) is -1.72. The fourth-order valence-corrected chi connectivity index (χ4v) is 1.37. The maximum atomic E-state index is 11.2. The van der Waals surface area contributed by atoms with Gasteiger partial charge >= 0.3 is 5.97 Å². The lowest BCUT2D eigenvalue weighted by atomic mass is 10.2. The van der Waals surface area contributed by atoms with Crippen LogP contribution in [-0.4, -0.2) is 27.0 Å². The van der Waals surface area contributed by atoms with Crippen molar-refractivity contribution < 1.29 is 19.4 Å². The van der Waals surface area contributed by atoms with Gasteiger partial charge in [0.05, 0.1) is 18.0 Å². The number of hydrogen-bond donors (Lipinski definition) is 2. The highest BCUT2D eigenvalue weighted by atomic mass is 16.5. The number of hydrogen-bond acceptors (Lipinski definition) is 5. The van der Waals surface area contributed by atoms with E-state index in [9.17, 15) is 9.59 Å². The van der Waals surface area contributed by atoms with Crippen LogP contribution in [0.15, 0.2) is 36.7 Å². The fourth-order valence-electron chi connectivity index (χ4n) is 1.37. The molecule has 0 fully saturated rings. The predicted molar refractivity (Wildman–Crippen MR) is 64.0 cm³/mol. The molecule has 3 N–H and O–H groups in total. The number of carbonyl (C=O) groups excluding carboxylic acids is 1. The van der Waals surface area contributed by atoms with Gasteiger partial charge in [-0.15, -0.1) is 0 Å². The number of carboxylic acid groups (broad SMARTS) is 1. The number of benzene rings is 1. The lowest BCUT2D eigenvalue weighted by Gasteiger charge is -2.07. The molecule has 0 bridgehead atoms. The molecular formula is C12H9N3O4. The number of nitrogens with two attached hydrogens (primary N) is 1. The number of nitrogens with zero attached hydrogens (tertiary/aromatic N) is 2. The molecule has 7 heteroatoms. The van der Waals surface area contributed by atoms with Crippen LogP contribution in [0.5, 0.6) is 11.6 Å². The van der Waals surface area contributed by atoms with Gasteiger partial charge in [-0.05, 0) is 12.1 Å². The molecule has 1 amide bonds. The van der Waals surface area contributed by atoms with Gasteiger partial charge in [-0.2, -0.15) is 0 Å². The number of primary amides is 1. The SMILES string of the molecule is NC(=O)c1ccccc1Oc1cncc(C(=O)O)n1. The van der Waals surface area contributed by atoms with Crippen LogP contribution in [0.3, 0.4) is 0 Å². The molecule has 0 aliphatic rings. The van der Waals surface area contributed by atoms with Crippen molar-refractivity contribution in [2.75, 3.05) is 0 Å². The van der Waals surface area contributed by atoms with E-state index in [1.165, 1.54) is 18.3 Å². The molecule has 19 heavy (non-hydrogen) atoms. The van der Waals surface area contributed by atoms with E-state index in [4.69, 9.17) is 15.6 Å². The monoisotopic (exact) mass is 259 g/mol. The van der Waals surface area contributed by atoms with Gasteiger partial charge in [-0.1, -0.05) is 12.1 Å². The highest BCUT2D eigenvalue weighted by Gasteiger charge is 2.12. The molecule has 0 aliphatic carbocycles. The zero-order valence-corrected chi connectivity index (χ0v) is 9.61. The number of aromatic nitrogens is 2. The van der Waals surface area contributed by atoms with Crippen LogP contribution in [0.1, 0.15) is 20.8 Å². The van der Waals surface area contributed by atoms with Crippen LogP contribution in [0.2, 0.25) is 0 Å². The minimum Gasteiger partial charge on any atom is -0.476 e. The van der Waals surface area contributed by atoms with Crippen LogP contribution in [0.25, 0.3) is 0 Å². The van der Waals surface area contributed by atoms with Crippen molar-refractivity contribution in [1.82, 2.24) is 9.97 Å². The van der Waals surface area contributed by atoms with Crippen LogP contribution in [-0.2, 0) is 0 Å². The van der Waals surface area contributed by atoms with E-state index >= 15 is 0 Å². The molecule has 96 valence electrons. The van der Waals surface area contributed by atoms with Crippen molar-refractivity contribution in [3.63, 3.8) is 0 Å². The zero-order chi connectivity index (χ0) is 13.8. The summed E-state index contributed by atoms with van der Waals surface area (Å²) in [5, 5.41) is 8.79. The van der Waals surface area contributed by atoms with Gasteiger partial charge in [0, 0.05) is 0 Å². The Balaban J connectivity index is 2.34. The third kappa shape index (κ3) is 2.83. The van der Waals surface area contributed by atoms with Gasteiger partial charge in [-0.25, -0.2) is 9.78 Å². The highest BCUT2D eigenvalue weighted by molar-refractivity contribution is 5.95. The first-order chi connectivity index (χ1) is 9.08. The van der Waals surface area contributed by atoms with Crippen LogP contribution < -0.4 is 10.5 Å². The number of aromatic carboxylic acids is 1. The van der Waals surface area contributed by atoms with Gasteiger partial charge < -0.3 is 15.6 Å². The summed E-state index contributed by atoms with van der Waals surface area (Å²) in [5.41, 5.74) is 5.11. The van der Waals surface area contributed by atoms with E-state index in [2.05, 4.69) is 9.97 Å².